The predicted octanol–water partition coefficient (Wildman–Crippen LogP) is 4.13. The second-order valence-corrected chi connectivity index (χ2v) is 8.93. The van der Waals surface area contributed by atoms with Crippen LogP contribution in [-0.2, 0) is 28.8 Å². The summed E-state index contributed by atoms with van der Waals surface area (Å²) in [7, 11) is -3.39. The zero-order chi connectivity index (χ0) is 22.0. The van der Waals surface area contributed by atoms with Crippen LogP contribution in [0.3, 0.4) is 0 Å². The van der Waals surface area contributed by atoms with E-state index in [2.05, 4.69) is 4.72 Å². The van der Waals surface area contributed by atoms with Gasteiger partial charge in [-0.05, 0) is 36.8 Å². The summed E-state index contributed by atoms with van der Waals surface area (Å²) < 4.78 is 102. The lowest BCUT2D eigenvalue weighted by atomic mass is 10.1. The molecule has 2 aromatic rings. The number of benzene rings is 1. The molecule has 0 radical (unpaired) electrons. The van der Waals surface area contributed by atoms with Crippen molar-refractivity contribution in [3.05, 3.63) is 51.2 Å². The largest absolute Gasteiger partial charge is 0.416 e. The van der Waals surface area contributed by atoms with Crippen molar-refractivity contribution in [1.82, 2.24) is 4.72 Å². The highest BCUT2D eigenvalue weighted by atomic mass is 32.2. The standard InChI is InChI=1S/C16H14F6N2O3S2/c1-29(26,27)23-5-4-12-2-3-13(28-12)14(25)24-11-7-9(15(17,18)19)6-10(8-11)16(20,21)22/h2-3,6-8,23H,4-5H2,1H3,(H,24,25). The van der Waals surface area contributed by atoms with Crippen molar-refractivity contribution in [2.75, 3.05) is 18.1 Å². The van der Waals surface area contributed by atoms with E-state index in [0.717, 1.165) is 17.6 Å². The zero-order valence-corrected chi connectivity index (χ0v) is 16.2. The molecule has 0 saturated heterocycles. The van der Waals surface area contributed by atoms with E-state index in [4.69, 9.17) is 0 Å². The molecule has 0 bridgehead atoms. The van der Waals surface area contributed by atoms with Crippen LogP contribution in [0.15, 0.2) is 30.3 Å². The lowest BCUT2D eigenvalue weighted by Crippen LogP contribution is -2.24. The normalized spacial score (nSPS) is 12.8. The Hall–Kier alpha value is -2.12. The van der Waals surface area contributed by atoms with E-state index in [1.165, 1.54) is 12.1 Å². The van der Waals surface area contributed by atoms with Gasteiger partial charge in [0.05, 0.1) is 22.3 Å². The van der Waals surface area contributed by atoms with Crippen LogP contribution in [0.1, 0.15) is 25.7 Å². The monoisotopic (exact) mass is 460 g/mol. The summed E-state index contributed by atoms with van der Waals surface area (Å²) in [6.45, 7) is 0.0724. The van der Waals surface area contributed by atoms with Crippen LogP contribution in [0, 0.1) is 0 Å². The maximum absolute atomic E-state index is 12.9. The summed E-state index contributed by atoms with van der Waals surface area (Å²) in [5, 5.41) is 2.04. The Labute approximate surface area is 165 Å². The van der Waals surface area contributed by atoms with Gasteiger partial charge >= 0.3 is 12.4 Å². The van der Waals surface area contributed by atoms with E-state index in [1.807, 2.05) is 5.32 Å². The first kappa shape index (κ1) is 23.2. The predicted molar refractivity (Wildman–Crippen MR) is 95.3 cm³/mol. The van der Waals surface area contributed by atoms with Crippen molar-refractivity contribution in [3.63, 3.8) is 0 Å². The SMILES string of the molecule is CS(=O)(=O)NCCc1ccc(C(=O)Nc2cc(C(F)(F)F)cc(C(F)(F)F)c2)s1. The fraction of sp³-hybridized carbons (Fsp3) is 0.312. The summed E-state index contributed by atoms with van der Waals surface area (Å²) in [5.41, 5.74) is -3.73. The number of nitrogens with one attached hydrogen (secondary N) is 2. The van der Waals surface area contributed by atoms with Gasteiger partial charge in [0.15, 0.2) is 0 Å². The molecule has 0 unspecified atom stereocenters. The van der Waals surface area contributed by atoms with Crippen molar-refractivity contribution in [2.24, 2.45) is 0 Å². The fourth-order valence-electron chi connectivity index (χ4n) is 2.21. The smallest absolute Gasteiger partial charge is 0.321 e. The van der Waals surface area contributed by atoms with Crippen molar-refractivity contribution < 1.29 is 39.6 Å². The van der Waals surface area contributed by atoms with E-state index < -0.39 is 45.1 Å². The number of alkyl halides is 6. The van der Waals surface area contributed by atoms with Gasteiger partial charge in [-0.15, -0.1) is 11.3 Å². The minimum atomic E-state index is -5.02. The highest BCUT2D eigenvalue weighted by molar-refractivity contribution is 7.88. The van der Waals surface area contributed by atoms with E-state index in [-0.39, 0.29) is 23.9 Å². The molecule has 0 spiro atoms. The molecule has 1 heterocycles. The third kappa shape index (κ3) is 7.01. The van der Waals surface area contributed by atoms with Crippen LogP contribution < -0.4 is 10.0 Å². The van der Waals surface area contributed by atoms with Gasteiger partial charge in [0.25, 0.3) is 5.91 Å². The zero-order valence-electron chi connectivity index (χ0n) is 14.6. The number of carbonyl (C=O) groups excluding carboxylic acids is 1. The van der Waals surface area contributed by atoms with Gasteiger partial charge in [-0.2, -0.15) is 26.3 Å². The summed E-state index contributed by atoms with van der Waals surface area (Å²) in [4.78, 5) is 12.9. The molecule has 1 aromatic heterocycles. The first-order valence-electron chi connectivity index (χ1n) is 7.79. The van der Waals surface area contributed by atoms with Crippen LogP contribution in [-0.4, -0.2) is 27.1 Å². The highest BCUT2D eigenvalue weighted by Gasteiger charge is 2.37. The molecule has 2 rings (SSSR count). The minimum Gasteiger partial charge on any atom is -0.321 e. The Bertz CT molecular complexity index is 965. The Morgan fingerprint density at radius 3 is 2.03 bits per heavy atom. The summed E-state index contributed by atoms with van der Waals surface area (Å²) in [5.74, 6) is -0.884. The van der Waals surface area contributed by atoms with E-state index >= 15 is 0 Å². The van der Waals surface area contributed by atoms with Crippen molar-refractivity contribution in [1.29, 1.82) is 0 Å². The topological polar surface area (TPSA) is 75.3 Å². The Kier molecular flexibility index (Phi) is 6.65. The third-order valence-electron chi connectivity index (χ3n) is 3.47. The van der Waals surface area contributed by atoms with Crippen LogP contribution >= 0.6 is 11.3 Å². The average Bonchev–Trinajstić information content (AvgIpc) is 3.00. The maximum Gasteiger partial charge on any atom is 0.416 e. The Morgan fingerprint density at radius 2 is 1.55 bits per heavy atom. The summed E-state index contributed by atoms with van der Waals surface area (Å²) >= 11 is 0.939. The molecule has 2 N–H and O–H groups in total. The lowest BCUT2D eigenvalue weighted by Gasteiger charge is -2.14. The second kappa shape index (κ2) is 8.32. The summed E-state index contributed by atoms with van der Waals surface area (Å²) in [6, 6.07) is 3.65. The number of thiophene rings is 1. The molecular weight excluding hydrogens is 446 g/mol. The minimum absolute atomic E-state index is 0.0340. The van der Waals surface area contributed by atoms with Crippen LogP contribution in [0.5, 0.6) is 0 Å². The third-order valence-corrected chi connectivity index (χ3v) is 5.34. The maximum atomic E-state index is 12.9. The van der Waals surface area contributed by atoms with Crippen LogP contribution in [0.2, 0.25) is 0 Å². The average molecular weight is 460 g/mol. The number of rotatable bonds is 6. The van der Waals surface area contributed by atoms with E-state index in [1.54, 1.807) is 0 Å². The molecule has 29 heavy (non-hydrogen) atoms. The van der Waals surface area contributed by atoms with Crippen molar-refractivity contribution in [2.45, 2.75) is 18.8 Å². The number of hydrogen-bond acceptors (Lipinski definition) is 4. The number of halogens is 6. The van der Waals surface area contributed by atoms with Gasteiger partial charge in [-0.3, -0.25) is 4.79 Å². The molecule has 0 fully saturated rings. The molecule has 5 nitrogen and oxygen atoms in total. The molecule has 0 atom stereocenters. The molecular formula is C16H14F6N2O3S2. The molecule has 1 amide bonds. The fourth-order valence-corrected chi connectivity index (χ4v) is 3.59. The Balaban J connectivity index is 2.18. The molecule has 0 saturated carbocycles. The van der Waals surface area contributed by atoms with Crippen LogP contribution in [0.4, 0.5) is 32.0 Å². The first-order chi connectivity index (χ1) is 13.1. The molecule has 0 aliphatic heterocycles. The van der Waals surface area contributed by atoms with E-state index in [0.29, 0.717) is 17.0 Å². The van der Waals surface area contributed by atoms with Crippen molar-refractivity contribution >= 4 is 33.0 Å². The number of carbonyl (C=O) groups is 1. The van der Waals surface area contributed by atoms with E-state index in [9.17, 15) is 39.6 Å². The quantitative estimate of drug-likeness (QED) is 0.637. The van der Waals surface area contributed by atoms with Gasteiger partial charge in [-0.1, -0.05) is 0 Å². The van der Waals surface area contributed by atoms with Crippen LogP contribution in [0.25, 0.3) is 0 Å². The molecule has 0 aliphatic rings. The van der Waals surface area contributed by atoms with Gasteiger partial charge in [0.1, 0.15) is 0 Å². The summed E-state index contributed by atoms with van der Waals surface area (Å²) in [6.07, 6.45) is -8.82. The Morgan fingerprint density at radius 1 is 1.00 bits per heavy atom. The number of amides is 1. The van der Waals surface area contributed by atoms with Gasteiger partial charge in [-0.25, -0.2) is 13.1 Å². The molecule has 160 valence electrons. The molecule has 13 heteroatoms. The number of sulfonamides is 1. The lowest BCUT2D eigenvalue weighted by molar-refractivity contribution is -0.143. The first-order valence-corrected chi connectivity index (χ1v) is 10.5. The van der Waals surface area contributed by atoms with Crippen molar-refractivity contribution in [3.8, 4) is 0 Å². The highest BCUT2D eigenvalue weighted by Crippen LogP contribution is 2.37. The number of anilines is 1. The second-order valence-electron chi connectivity index (χ2n) is 5.93. The molecule has 1 aromatic carbocycles. The van der Waals surface area contributed by atoms with Gasteiger partial charge in [0, 0.05) is 17.1 Å². The van der Waals surface area contributed by atoms with Gasteiger partial charge < -0.3 is 5.32 Å². The van der Waals surface area contributed by atoms with Gasteiger partial charge in [0.2, 0.25) is 10.0 Å². The molecule has 0 aliphatic carbocycles. The number of hydrogen-bond donors (Lipinski definition) is 2.